The summed E-state index contributed by atoms with van der Waals surface area (Å²) in [6.07, 6.45) is -3.64. The minimum atomic E-state index is -4.53. The van der Waals surface area contributed by atoms with Gasteiger partial charge in [0.15, 0.2) is 6.61 Å². The van der Waals surface area contributed by atoms with Crippen molar-refractivity contribution in [2.24, 2.45) is 0 Å². The van der Waals surface area contributed by atoms with Crippen molar-refractivity contribution >= 4 is 23.2 Å². The summed E-state index contributed by atoms with van der Waals surface area (Å²) in [5.41, 5.74) is -0.694. The maximum absolute atomic E-state index is 12.0. The van der Waals surface area contributed by atoms with Crippen LogP contribution < -0.4 is 10.4 Å². The Morgan fingerprint density at radius 2 is 1.81 bits per heavy atom. The topological polar surface area (TPSA) is 57.0 Å². The van der Waals surface area contributed by atoms with E-state index in [0.717, 1.165) is 10.9 Å². The zero-order chi connectivity index (χ0) is 15.6. The highest BCUT2D eigenvalue weighted by atomic mass is 35.5. The van der Waals surface area contributed by atoms with Crippen LogP contribution >= 0.6 is 23.2 Å². The fraction of sp³-hybridized carbons (Fsp3) is 0.182. The molecule has 1 heterocycles. The van der Waals surface area contributed by atoms with Crippen LogP contribution in [0.1, 0.15) is 0 Å². The maximum atomic E-state index is 12.0. The van der Waals surface area contributed by atoms with Gasteiger partial charge in [-0.3, -0.25) is 0 Å². The molecule has 0 radical (unpaired) electrons. The molecule has 0 aliphatic carbocycles. The molecule has 0 saturated carbocycles. The average Bonchev–Trinajstić information content (AvgIpc) is 2.34. The monoisotopic (exact) mass is 339 g/mol. The van der Waals surface area contributed by atoms with Crippen molar-refractivity contribution in [3.63, 3.8) is 0 Å². The van der Waals surface area contributed by atoms with Gasteiger partial charge in [0, 0.05) is 10.0 Å². The van der Waals surface area contributed by atoms with Gasteiger partial charge >= 0.3 is 11.9 Å². The van der Waals surface area contributed by atoms with Crippen LogP contribution in [-0.4, -0.2) is 27.5 Å². The zero-order valence-corrected chi connectivity index (χ0v) is 11.6. The smallest absolute Gasteiger partial charge is 0.422 e. The quantitative estimate of drug-likeness (QED) is 0.862. The van der Waals surface area contributed by atoms with E-state index in [1.807, 2.05) is 0 Å². The highest BCUT2D eigenvalue weighted by molar-refractivity contribution is 6.34. The third-order valence-corrected chi connectivity index (χ3v) is 2.58. The zero-order valence-electron chi connectivity index (χ0n) is 10.1. The molecule has 2 rings (SSSR count). The number of hydrogen-bond acceptors (Lipinski definition) is 4. The third-order valence-electron chi connectivity index (χ3n) is 2.15. The van der Waals surface area contributed by atoms with E-state index >= 15 is 0 Å². The first-order chi connectivity index (χ1) is 9.74. The average molecular weight is 340 g/mol. The predicted molar refractivity (Wildman–Crippen MR) is 69.2 cm³/mol. The molecule has 21 heavy (non-hydrogen) atoms. The molecule has 0 aliphatic heterocycles. The van der Waals surface area contributed by atoms with E-state index in [4.69, 9.17) is 23.2 Å². The summed E-state index contributed by atoms with van der Waals surface area (Å²) in [7, 11) is 0. The third kappa shape index (κ3) is 4.33. The van der Waals surface area contributed by atoms with Gasteiger partial charge in [0.05, 0.1) is 5.69 Å². The Balaban J connectivity index is 2.29. The number of benzene rings is 1. The van der Waals surface area contributed by atoms with Crippen LogP contribution in [0.4, 0.5) is 13.2 Å². The maximum Gasteiger partial charge on any atom is 0.422 e. The van der Waals surface area contributed by atoms with Gasteiger partial charge in [-0.1, -0.05) is 23.2 Å². The van der Waals surface area contributed by atoms with Crippen LogP contribution in [0.5, 0.6) is 5.88 Å². The molecule has 1 aromatic heterocycles. The van der Waals surface area contributed by atoms with E-state index in [-0.39, 0.29) is 15.7 Å². The van der Waals surface area contributed by atoms with Gasteiger partial charge in [-0.2, -0.15) is 27.9 Å². The van der Waals surface area contributed by atoms with Gasteiger partial charge in [0.1, 0.15) is 6.20 Å². The van der Waals surface area contributed by atoms with Crippen molar-refractivity contribution in [1.82, 2.24) is 14.8 Å². The SMILES string of the molecule is O=c1nc(OCC(F)(F)F)cnn1-c1cc(Cl)cc(Cl)c1. The molecular weight excluding hydrogens is 334 g/mol. The minimum absolute atomic E-state index is 0.229. The molecule has 5 nitrogen and oxygen atoms in total. The second-order valence-corrected chi connectivity index (χ2v) is 4.69. The van der Waals surface area contributed by atoms with Gasteiger partial charge in [-0.25, -0.2) is 4.79 Å². The molecule has 10 heteroatoms. The molecule has 1 aromatic carbocycles. The summed E-state index contributed by atoms with van der Waals surface area (Å²) in [6, 6.07) is 4.26. The van der Waals surface area contributed by atoms with E-state index in [1.54, 1.807) is 0 Å². The van der Waals surface area contributed by atoms with Crippen LogP contribution in [0, 0.1) is 0 Å². The van der Waals surface area contributed by atoms with E-state index in [9.17, 15) is 18.0 Å². The highest BCUT2D eigenvalue weighted by Crippen LogP contribution is 2.20. The molecule has 0 amide bonds. The van der Waals surface area contributed by atoms with Crippen LogP contribution in [0.25, 0.3) is 5.69 Å². The van der Waals surface area contributed by atoms with Crippen LogP contribution in [0.2, 0.25) is 10.0 Å². The van der Waals surface area contributed by atoms with E-state index < -0.39 is 24.4 Å². The number of halogens is 5. The largest absolute Gasteiger partial charge is 0.467 e. The van der Waals surface area contributed by atoms with Crippen molar-refractivity contribution < 1.29 is 17.9 Å². The number of nitrogens with zero attached hydrogens (tertiary/aromatic N) is 3. The summed E-state index contributed by atoms with van der Waals surface area (Å²) in [6.45, 7) is -1.56. The van der Waals surface area contributed by atoms with Crippen molar-refractivity contribution in [2.45, 2.75) is 6.18 Å². The molecule has 0 aliphatic rings. The van der Waals surface area contributed by atoms with Crippen LogP contribution in [0.15, 0.2) is 29.2 Å². The number of alkyl halides is 3. The molecule has 0 unspecified atom stereocenters. The summed E-state index contributed by atoms with van der Waals surface area (Å²) in [5.74, 6) is -0.526. The minimum Gasteiger partial charge on any atom is -0.467 e. The molecular formula is C11H6Cl2F3N3O2. The van der Waals surface area contributed by atoms with Gasteiger partial charge in [0.2, 0.25) is 5.88 Å². The Labute approximate surface area is 125 Å². The number of hydrogen-bond donors (Lipinski definition) is 0. The number of rotatable bonds is 3. The molecule has 0 saturated heterocycles. The number of aromatic nitrogens is 3. The summed E-state index contributed by atoms with van der Waals surface area (Å²) in [4.78, 5) is 15.1. The molecule has 0 fully saturated rings. The Morgan fingerprint density at radius 1 is 1.19 bits per heavy atom. The van der Waals surface area contributed by atoms with Gasteiger partial charge in [-0.05, 0) is 18.2 Å². The lowest BCUT2D eigenvalue weighted by Crippen LogP contribution is -2.26. The Bertz CT molecular complexity index is 698. The van der Waals surface area contributed by atoms with Crippen LogP contribution in [0.3, 0.4) is 0 Å². The van der Waals surface area contributed by atoms with E-state index in [1.165, 1.54) is 18.2 Å². The summed E-state index contributed by atoms with van der Waals surface area (Å²) < 4.78 is 41.1. The molecule has 0 spiro atoms. The second-order valence-electron chi connectivity index (χ2n) is 3.82. The van der Waals surface area contributed by atoms with E-state index in [0.29, 0.717) is 0 Å². The fourth-order valence-corrected chi connectivity index (χ4v) is 1.91. The Kier molecular flexibility index (Phi) is 4.38. The fourth-order valence-electron chi connectivity index (χ4n) is 1.39. The first-order valence-corrected chi connectivity index (χ1v) is 6.12. The highest BCUT2D eigenvalue weighted by Gasteiger charge is 2.28. The normalized spacial score (nSPS) is 11.5. The van der Waals surface area contributed by atoms with Crippen LogP contribution in [-0.2, 0) is 0 Å². The Hall–Kier alpha value is -1.80. The summed E-state index contributed by atoms with van der Waals surface area (Å²) in [5, 5.41) is 4.20. The van der Waals surface area contributed by atoms with Gasteiger partial charge in [-0.15, -0.1) is 0 Å². The van der Waals surface area contributed by atoms with Crippen molar-refractivity contribution in [3.8, 4) is 11.6 Å². The lowest BCUT2D eigenvalue weighted by molar-refractivity contribution is -0.154. The summed E-state index contributed by atoms with van der Waals surface area (Å²) >= 11 is 11.6. The molecule has 0 atom stereocenters. The Morgan fingerprint density at radius 3 is 2.33 bits per heavy atom. The lowest BCUT2D eigenvalue weighted by atomic mass is 10.3. The molecule has 0 N–H and O–H groups in total. The van der Waals surface area contributed by atoms with Crippen molar-refractivity contribution in [2.75, 3.05) is 6.61 Å². The first kappa shape index (κ1) is 15.6. The number of ether oxygens (including phenoxy) is 1. The van der Waals surface area contributed by atoms with Gasteiger partial charge < -0.3 is 4.74 Å². The van der Waals surface area contributed by atoms with Crippen molar-refractivity contribution in [3.05, 3.63) is 44.9 Å². The molecule has 0 bridgehead atoms. The molecule has 2 aromatic rings. The van der Waals surface area contributed by atoms with Crippen molar-refractivity contribution in [1.29, 1.82) is 0 Å². The second kappa shape index (κ2) is 5.90. The van der Waals surface area contributed by atoms with Gasteiger partial charge in [0.25, 0.3) is 0 Å². The predicted octanol–water partition coefficient (Wildman–Crippen LogP) is 2.88. The molecule has 112 valence electrons. The van der Waals surface area contributed by atoms with E-state index in [2.05, 4.69) is 14.8 Å². The first-order valence-electron chi connectivity index (χ1n) is 5.37. The lowest BCUT2D eigenvalue weighted by Gasteiger charge is -2.09. The standard InChI is InChI=1S/C11H6Cl2F3N3O2/c12-6-1-7(13)3-8(2-6)19-10(20)18-9(4-17-19)21-5-11(14,15)16/h1-4H,5H2.